The van der Waals surface area contributed by atoms with Gasteiger partial charge < -0.3 is 15.4 Å². The Hall–Kier alpha value is -1.94. The van der Waals surface area contributed by atoms with E-state index < -0.39 is 0 Å². The molecule has 1 aromatic carbocycles. The number of hydrogen-bond donors (Lipinski definition) is 2. The molecule has 0 aliphatic rings. The normalized spacial score (nSPS) is 10.2. The van der Waals surface area contributed by atoms with Crippen molar-refractivity contribution in [2.75, 3.05) is 24.3 Å². The van der Waals surface area contributed by atoms with Crippen LogP contribution in [0.4, 0.5) is 11.4 Å². The SMILES string of the molecule is CCCNc1cncc(NCc2c(Cl)cccc2OC)c1. The van der Waals surface area contributed by atoms with E-state index in [9.17, 15) is 0 Å². The quantitative estimate of drug-likeness (QED) is 0.805. The van der Waals surface area contributed by atoms with Gasteiger partial charge in [-0.25, -0.2) is 0 Å². The summed E-state index contributed by atoms with van der Waals surface area (Å²) >= 11 is 6.23. The molecule has 4 nitrogen and oxygen atoms in total. The molecule has 21 heavy (non-hydrogen) atoms. The highest BCUT2D eigenvalue weighted by atomic mass is 35.5. The summed E-state index contributed by atoms with van der Waals surface area (Å²) in [4.78, 5) is 4.23. The van der Waals surface area contributed by atoms with Crippen LogP contribution in [0.2, 0.25) is 5.02 Å². The van der Waals surface area contributed by atoms with Crippen molar-refractivity contribution in [2.24, 2.45) is 0 Å². The number of benzene rings is 1. The number of rotatable bonds is 7. The van der Waals surface area contributed by atoms with E-state index in [0.29, 0.717) is 11.6 Å². The molecule has 0 bridgehead atoms. The van der Waals surface area contributed by atoms with E-state index in [1.165, 1.54) is 0 Å². The molecule has 1 aromatic heterocycles. The molecule has 0 spiro atoms. The van der Waals surface area contributed by atoms with Gasteiger partial charge in [0.2, 0.25) is 0 Å². The fourth-order valence-electron chi connectivity index (χ4n) is 1.99. The first-order valence-electron chi connectivity index (χ1n) is 6.98. The molecule has 0 radical (unpaired) electrons. The van der Waals surface area contributed by atoms with E-state index in [2.05, 4.69) is 22.5 Å². The Labute approximate surface area is 130 Å². The largest absolute Gasteiger partial charge is 0.496 e. The summed E-state index contributed by atoms with van der Waals surface area (Å²) in [7, 11) is 1.64. The van der Waals surface area contributed by atoms with E-state index in [1.807, 2.05) is 30.5 Å². The second-order valence-electron chi connectivity index (χ2n) is 4.66. The number of anilines is 2. The van der Waals surface area contributed by atoms with Crippen molar-refractivity contribution in [1.29, 1.82) is 0 Å². The van der Waals surface area contributed by atoms with Gasteiger partial charge in [-0.2, -0.15) is 0 Å². The molecule has 112 valence electrons. The van der Waals surface area contributed by atoms with Crippen LogP contribution >= 0.6 is 11.6 Å². The first-order chi connectivity index (χ1) is 10.2. The highest BCUT2D eigenvalue weighted by molar-refractivity contribution is 6.31. The smallest absolute Gasteiger partial charge is 0.125 e. The molecule has 5 heteroatoms. The fourth-order valence-corrected chi connectivity index (χ4v) is 2.23. The number of pyridine rings is 1. The van der Waals surface area contributed by atoms with Crippen molar-refractivity contribution in [3.05, 3.63) is 47.2 Å². The van der Waals surface area contributed by atoms with E-state index in [-0.39, 0.29) is 0 Å². The van der Waals surface area contributed by atoms with Gasteiger partial charge in [0, 0.05) is 23.7 Å². The van der Waals surface area contributed by atoms with Crippen molar-refractivity contribution >= 4 is 23.0 Å². The zero-order chi connectivity index (χ0) is 15.1. The van der Waals surface area contributed by atoms with Crippen molar-refractivity contribution in [3.63, 3.8) is 0 Å². The number of nitrogens with zero attached hydrogens (tertiary/aromatic N) is 1. The summed E-state index contributed by atoms with van der Waals surface area (Å²) in [5, 5.41) is 7.33. The lowest BCUT2D eigenvalue weighted by atomic mass is 10.2. The van der Waals surface area contributed by atoms with Gasteiger partial charge in [-0.1, -0.05) is 24.6 Å². The van der Waals surface area contributed by atoms with Crippen LogP contribution in [0, 0.1) is 0 Å². The van der Waals surface area contributed by atoms with E-state index >= 15 is 0 Å². The van der Waals surface area contributed by atoms with Gasteiger partial charge in [0.1, 0.15) is 5.75 Å². The lowest BCUT2D eigenvalue weighted by molar-refractivity contribution is 0.410. The fraction of sp³-hybridized carbons (Fsp3) is 0.312. The molecule has 0 fully saturated rings. The Morgan fingerprint density at radius 1 is 1.19 bits per heavy atom. The lowest BCUT2D eigenvalue weighted by Gasteiger charge is -2.13. The van der Waals surface area contributed by atoms with Crippen LogP contribution in [0.5, 0.6) is 5.75 Å². The molecule has 1 heterocycles. The Kier molecular flexibility index (Phi) is 5.69. The van der Waals surface area contributed by atoms with Crippen molar-refractivity contribution < 1.29 is 4.74 Å². The summed E-state index contributed by atoms with van der Waals surface area (Å²) in [5.74, 6) is 0.781. The van der Waals surface area contributed by atoms with Crippen LogP contribution in [0.1, 0.15) is 18.9 Å². The molecule has 0 atom stereocenters. The molecule has 0 saturated heterocycles. The molecule has 0 saturated carbocycles. The number of methoxy groups -OCH3 is 1. The molecule has 2 aromatic rings. The average Bonchev–Trinajstić information content (AvgIpc) is 2.52. The Morgan fingerprint density at radius 2 is 1.95 bits per heavy atom. The van der Waals surface area contributed by atoms with Crippen LogP contribution < -0.4 is 15.4 Å². The number of aromatic nitrogens is 1. The van der Waals surface area contributed by atoms with E-state index in [0.717, 1.165) is 35.7 Å². The van der Waals surface area contributed by atoms with Gasteiger partial charge in [0.05, 0.1) is 30.9 Å². The second kappa shape index (κ2) is 7.74. The van der Waals surface area contributed by atoms with Crippen molar-refractivity contribution in [2.45, 2.75) is 19.9 Å². The molecule has 0 aliphatic carbocycles. The Morgan fingerprint density at radius 3 is 2.67 bits per heavy atom. The minimum absolute atomic E-state index is 0.585. The van der Waals surface area contributed by atoms with Crippen LogP contribution in [0.25, 0.3) is 0 Å². The predicted octanol–water partition coefficient (Wildman–Crippen LogP) is 4.18. The summed E-state index contributed by atoms with van der Waals surface area (Å²) in [6.45, 7) is 3.65. The molecule has 2 N–H and O–H groups in total. The molecular weight excluding hydrogens is 286 g/mol. The highest BCUT2D eigenvalue weighted by Crippen LogP contribution is 2.27. The average molecular weight is 306 g/mol. The van der Waals surface area contributed by atoms with Gasteiger partial charge in [-0.3, -0.25) is 4.98 Å². The molecule has 2 rings (SSSR count). The van der Waals surface area contributed by atoms with Crippen molar-refractivity contribution in [3.8, 4) is 5.75 Å². The third kappa shape index (κ3) is 4.26. The number of nitrogens with one attached hydrogen (secondary N) is 2. The first kappa shape index (κ1) is 15.4. The Balaban J connectivity index is 2.06. The highest BCUT2D eigenvalue weighted by Gasteiger charge is 2.07. The minimum atomic E-state index is 0.585. The maximum absolute atomic E-state index is 6.23. The zero-order valence-corrected chi connectivity index (χ0v) is 13.1. The number of hydrogen-bond acceptors (Lipinski definition) is 4. The Bertz CT molecular complexity index is 589. The number of ether oxygens (including phenoxy) is 1. The van der Waals surface area contributed by atoms with Gasteiger partial charge in [0.15, 0.2) is 0 Å². The monoisotopic (exact) mass is 305 g/mol. The molecule has 0 unspecified atom stereocenters. The van der Waals surface area contributed by atoms with Crippen LogP contribution in [0.15, 0.2) is 36.7 Å². The van der Waals surface area contributed by atoms with Gasteiger partial charge in [-0.15, -0.1) is 0 Å². The third-order valence-electron chi connectivity index (χ3n) is 3.08. The van der Waals surface area contributed by atoms with E-state index in [4.69, 9.17) is 16.3 Å². The third-order valence-corrected chi connectivity index (χ3v) is 3.44. The van der Waals surface area contributed by atoms with Crippen molar-refractivity contribution in [1.82, 2.24) is 4.98 Å². The minimum Gasteiger partial charge on any atom is -0.496 e. The number of halogens is 1. The maximum Gasteiger partial charge on any atom is 0.125 e. The lowest BCUT2D eigenvalue weighted by Crippen LogP contribution is -2.04. The molecule has 0 amide bonds. The van der Waals surface area contributed by atoms with Crippen LogP contribution in [-0.4, -0.2) is 18.6 Å². The predicted molar refractivity (Wildman–Crippen MR) is 88.3 cm³/mol. The van der Waals surface area contributed by atoms with E-state index in [1.54, 1.807) is 13.3 Å². The zero-order valence-electron chi connectivity index (χ0n) is 12.3. The summed E-state index contributed by atoms with van der Waals surface area (Å²) < 4.78 is 5.34. The van der Waals surface area contributed by atoms with Gasteiger partial charge >= 0.3 is 0 Å². The summed E-state index contributed by atoms with van der Waals surface area (Å²) in [6, 6.07) is 7.67. The summed E-state index contributed by atoms with van der Waals surface area (Å²) in [6.07, 6.45) is 4.69. The molecular formula is C16H20ClN3O. The topological polar surface area (TPSA) is 46.2 Å². The molecule has 0 aliphatic heterocycles. The second-order valence-corrected chi connectivity index (χ2v) is 5.07. The maximum atomic E-state index is 6.23. The first-order valence-corrected chi connectivity index (χ1v) is 7.36. The van der Waals surface area contributed by atoms with Crippen LogP contribution in [0.3, 0.4) is 0 Å². The standard InChI is InChI=1S/C16H20ClN3O/c1-3-7-19-12-8-13(10-18-9-12)20-11-14-15(17)5-4-6-16(14)21-2/h4-6,8-10,19-20H,3,7,11H2,1-2H3. The van der Waals surface area contributed by atoms with Gasteiger partial charge in [0.25, 0.3) is 0 Å². The summed E-state index contributed by atoms with van der Waals surface area (Å²) in [5.41, 5.74) is 2.89. The van der Waals surface area contributed by atoms with Crippen LogP contribution in [-0.2, 0) is 6.54 Å². The van der Waals surface area contributed by atoms with Gasteiger partial charge in [-0.05, 0) is 24.6 Å².